The largest absolute Gasteiger partial charge is 0.495 e. The minimum atomic E-state index is -1.11. The third-order valence-corrected chi connectivity index (χ3v) is 4.13. The van der Waals surface area contributed by atoms with E-state index in [1.54, 1.807) is 19.1 Å². The van der Waals surface area contributed by atoms with Crippen LogP contribution in [0.5, 0.6) is 5.75 Å². The summed E-state index contributed by atoms with van der Waals surface area (Å²) in [5, 5.41) is 13.4. The number of amides is 1. The van der Waals surface area contributed by atoms with Gasteiger partial charge in [0.15, 0.2) is 6.10 Å². The molecule has 0 aliphatic rings. The number of non-ortho nitro benzene ring substituents is 1. The van der Waals surface area contributed by atoms with Gasteiger partial charge < -0.3 is 14.8 Å². The average molecular weight is 372 g/mol. The Morgan fingerprint density at radius 1 is 1.19 bits per heavy atom. The summed E-state index contributed by atoms with van der Waals surface area (Å²) in [7, 11) is 1.38. The lowest BCUT2D eigenvalue weighted by Crippen LogP contribution is -2.30. The number of esters is 1. The van der Waals surface area contributed by atoms with Crippen molar-refractivity contribution in [3.8, 4) is 5.75 Å². The van der Waals surface area contributed by atoms with Gasteiger partial charge in [-0.05, 0) is 44.0 Å². The SMILES string of the molecule is COc1ccc([N+](=O)[O-])cc1NC(=O)[C@H](C)OC(=O)c1cccc(C)c1C. The van der Waals surface area contributed by atoms with Crippen molar-refractivity contribution in [2.45, 2.75) is 26.9 Å². The smallest absolute Gasteiger partial charge is 0.339 e. The molecule has 0 saturated heterocycles. The predicted molar refractivity (Wildman–Crippen MR) is 99.1 cm³/mol. The highest BCUT2D eigenvalue weighted by Crippen LogP contribution is 2.29. The van der Waals surface area contributed by atoms with Crippen LogP contribution in [0.4, 0.5) is 11.4 Å². The molecule has 1 atom stereocenters. The fourth-order valence-corrected chi connectivity index (χ4v) is 2.39. The normalized spacial score (nSPS) is 11.4. The summed E-state index contributed by atoms with van der Waals surface area (Å²) in [5.41, 5.74) is 2.00. The Balaban J connectivity index is 2.14. The maximum absolute atomic E-state index is 12.4. The van der Waals surface area contributed by atoms with Crippen molar-refractivity contribution in [2.75, 3.05) is 12.4 Å². The first kappa shape index (κ1) is 19.9. The van der Waals surface area contributed by atoms with E-state index in [0.29, 0.717) is 5.56 Å². The van der Waals surface area contributed by atoms with Gasteiger partial charge in [0, 0.05) is 12.1 Å². The van der Waals surface area contributed by atoms with Gasteiger partial charge in [-0.25, -0.2) is 4.79 Å². The number of ether oxygens (including phenoxy) is 2. The van der Waals surface area contributed by atoms with Gasteiger partial charge in [0.1, 0.15) is 5.75 Å². The Hall–Kier alpha value is -3.42. The number of hydrogen-bond donors (Lipinski definition) is 1. The van der Waals surface area contributed by atoms with Gasteiger partial charge in [-0.1, -0.05) is 12.1 Å². The van der Waals surface area contributed by atoms with Gasteiger partial charge in [0.2, 0.25) is 0 Å². The van der Waals surface area contributed by atoms with Crippen LogP contribution in [0, 0.1) is 24.0 Å². The Bertz CT molecular complexity index is 894. The highest BCUT2D eigenvalue weighted by Gasteiger charge is 2.22. The molecule has 0 saturated carbocycles. The summed E-state index contributed by atoms with van der Waals surface area (Å²) in [5.74, 6) is -1.00. The fourth-order valence-electron chi connectivity index (χ4n) is 2.39. The molecule has 0 spiro atoms. The van der Waals surface area contributed by atoms with E-state index < -0.39 is 22.9 Å². The number of nitrogens with zero attached hydrogens (tertiary/aromatic N) is 1. The number of aryl methyl sites for hydroxylation is 1. The van der Waals surface area contributed by atoms with E-state index in [2.05, 4.69) is 5.32 Å². The highest BCUT2D eigenvalue weighted by molar-refractivity contribution is 5.98. The first-order valence-electron chi connectivity index (χ1n) is 8.15. The molecule has 0 aliphatic carbocycles. The molecule has 0 bridgehead atoms. The molecule has 2 aromatic rings. The highest BCUT2D eigenvalue weighted by atomic mass is 16.6. The first-order valence-corrected chi connectivity index (χ1v) is 8.15. The summed E-state index contributed by atoms with van der Waals surface area (Å²) < 4.78 is 10.3. The number of hydrogen-bond acceptors (Lipinski definition) is 6. The van der Waals surface area contributed by atoms with E-state index >= 15 is 0 Å². The van der Waals surface area contributed by atoms with Crippen LogP contribution in [-0.2, 0) is 9.53 Å². The fraction of sp³-hybridized carbons (Fsp3) is 0.263. The van der Waals surface area contributed by atoms with Crippen LogP contribution in [0.2, 0.25) is 0 Å². The molecule has 0 unspecified atom stereocenters. The van der Waals surface area contributed by atoms with Crippen molar-refractivity contribution >= 4 is 23.3 Å². The summed E-state index contributed by atoms with van der Waals surface area (Å²) >= 11 is 0. The molecule has 27 heavy (non-hydrogen) atoms. The number of benzene rings is 2. The summed E-state index contributed by atoms with van der Waals surface area (Å²) in [4.78, 5) is 35.0. The number of anilines is 1. The van der Waals surface area contributed by atoms with E-state index in [1.807, 2.05) is 13.0 Å². The third-order valence-electron chi connectivity index (χ3n) is 4.13. The maximum Gasteiger partial charge on any atom is 0.339 e. The number of nitro groups is 1. The summed E-state index contributed by atoms with van der Waals surface area (Å²) in [6, 6.07) is 9.04. The standard InChI is InChI=1S/C19H20N2O6/c1-11-6-5-7-15(12(11)2)19(23)27-13(3)18(22)20-16-10-14(21(24)25)8-9-17(16)26-4/h5-10,13H,1-4H3,(H,20,22)/t13-/m0/s1. The van der Waals surface area contributed by atoms with Crippen molar-refractivity contribution < 1.29 is 24.0 Å². The molecule has 0 heterocycles. The molecule has 0 aromatic heterocycles. The zero-order chi connectivity index (χ0) is 20.1. The second-order valence-electron chi connectivity index (χ2n) is 5.93. The van der Waals surface area contributed by atoms with E-state index in [-0.39, 0.29) is 17.1 Å². The van der Waals surface area contributed by atoms with Crippen molar-refractivity contribution in [3.05, 3.63) is 63.2 Å². The number of carbonyl (C=O) groups is 2. The van der Waals surface area contributed by atoms with Crippen LogP contribution in [0.25, 0.3) is 0 Å². The van der Waals surface area contributed by atoms with E-state index in [9.17, 15) is 19.7 Å². The Labute approximate surface area is 156 Å². The molecule has 0 aliphatic heterocycles. The third kappa shape index (κ3) is 4.60. The van der Waals surface area contributed by atoms with Crippen LogP contribution in [0.1, 0.15) is 28.4 Å². The number of methoxy groups -OCH3 is 1. The molecule has 0 fully saturated rings. The van der Waals surface area contributed by atoms with Gasteiger partial charge >= 0.3 is 5.97 Å². The van der Waals surface area contributed by atoms with Gasteiger partial charge in [-0.2, -0.15) is 0 Å². The number of rotatable bonds is 6. The first-order chi connectivity index (χ1) is 12.7. The predicted octanol–water partition coefficient (Wildman–Crippen LogP) is 3.40. The van der Waals surface area contributed by atoms with Crippen molar-refractivity contribution in [1.29, 1.82) is 0 Å². The molecule has 142 valence electrons. The molecular formula is C19H20N2O6. The monoisotopic (exact) mass is 372 g/mol. The maximum atomic E-state index is 12.4. The summed E-state index contributed by atoms with van der Waals surface area (Å²) in [6.07, 6.45) is -1.11. The summed E-state index contributed by atoms with van der Waals surface area (Å²) in [6.45, 7) is 5.09. The van der Waals surface area contributed by atoms with Crippen molar-refractivity contribution in [2.24, 2.45) is 0 Å². The average Bonchev–Trinajstić information content (AvgIpc) is 2.63. The molecular weight excluding hydrogens is 352 g/mol. The molecule has 1 N–H and O–H groups in total. The van der Waals surface area contributed by atoms with Crippen LogP contribution >= 0.6 is 0 Å². The minimum Gasteiger partial charge on any atom is -0.495 e. The minimum absolute atomic E-state index is 0.117. The van der Waals surface area contributed by atoms with Gasteiger partial charge in [0.25, 0.3) is 11.6 Å². The van der Waals surface area contributed by atoms with Crippen LogP contribution < -0.4 is 10.1 Å². The molecule has 1 amide bonds. The molecule has 8 nitrogen and oxygen atoms in total. The number of nitrogens with one attached hydrogen (secondary N) is 1. The lowest BCUT2D eigenvalue weighted by atomic mass is 10.0. The topological polar surface area (TPSA) is 108 Å². The van der Waals surface area contributed by atoms with Gasteiger partial charge in [-0.15, -0.1) is 0 Å². The molecule has 2 rings (SSSR count). The van der Waals surface area contributed by atoms with Crippen molar-refractivity contribution in [3.63, 3.8) is 0 Å². The van der Waals surface area contributed by atoms with E-state index in [0.717, 1.165) is 11.1 Å². The Morgan fingerprint density at radius 3 is 2.52 bits per heavy atom. The number of carbonyl (C=O) groups excluding carboxylic acids is 2. The second-order valence-corrected chi connectivity index (χ2v) is 5.93. The van der Waals surface area contributed by atoms with E-state index in [1.165, 1.54) is 32.2 Å². The van der Waals surface area contributed by atoms with Crippen LogP contribution in [-0.4, -0.2) is 30.0 Å². The molecule has 2 aromatic carbocycles. The molecule has 0 radical (unpaired) electrons. The van der Waals surface area contributed by atoms with Crippen LogP contribution in [0.3, 0.4) is 0 Å². The van der Waals surface area contributed by atoms with Gasteiger partial charge in [-0.3, -0.25) is 14.9 Å². The Kier molecular flexibility index (Phi) is 6.12. The zero-order valence-corrected chi connectivity index (χ0v) is 15.4. The molecule has 8 heteroatoms. The van der Waals surface area contributed by atoms with Crippen LogP contribution in [0.15, 0.2) is 36.4 Å². The Morgan fingerprint density at radius 2 is 1.89 bits per heavy atom. The quantitative estimate of drug-likeness (QED) is 0.473. The zero-order valence-electron chi connectivity index (χ0n) is 15.4. The van der Waals surface area contributed by atoms with Crippen molar-refractivity contribution in [1.82, 2.24) is 0 Å². The van der Waals surface area contributed by atoms with E-state index in [4.69, 9.17) is 9.47 Å². The lowest BCUT2D eigenvalue weighted by Gasteiger charge is -2.16. The lowest BCUT2D eigenvalue weighted by molar-refractivity contribution is -0.384. The van der Waals surface area contributed by atoms with Gasteiger partial charge in [0.05, 0.1) is 23.3 Å². The second kappa shape index (κ2) is 8.31. The number of nitro benzene ring substituents is 1.